The molecule has 4 saturated heterocycles. The molecule has 0 aliphatic carbocycles. The van der Waals surface area contributed by atoms with E-state index in [1.165, 1.54) is 0 Å². The van der Waals surface area contributed by atoms with Crippen LogP contribution in [0.1, 0.15) is 68.9 Å². The molecule has 10 nitrogen and oxygen atoms in total. The Balaban J connectivity index is 0.00000281. The molecule has 2 aromatic carbocycles. The minimum Gasteiger partial charge on any atom is -1.00 e. The van der Waals surface area contributed by atoms with Gasteiger partial charge in [0.15, 0.2) is 0 Å². The number of quaternary nitrogens is 2. The zero-order valence-electron chi connectivity index (χ0n) is 30.2. The average Bonchev–Trinajstić information content (AvgIpc) is 3.31. The Kier molecular flexibility index (Phi) is 12.6. The lowest BCUT2D eigenvalue weighted by Crippen LogP contribution is -3.00. The number of aliphatic carboxylic acids is 2. The highest BCUT2D eigenvalue weighted by Gasteiger charge is 2.64. The number of hydrogen-bond donors (Lipinski definition) is 2. The highest BCUT2D eigenvalue weighted by Crippen LogP contribution is 2.59. The van der Waals surface area contributed by atoms with Gasteiger partial charge in [0, 0.05) is 51.4 Å². The number of piperidine rings is 2. The first-order valence-electron chi connectivity index (χ1n) is 17.5. The maximum atomic E-state index is 13.7. The Morgan fingerprint density at radius 2 is 1.02 bits per heavy atom. The van der Waals surface area contributed by atoms with Crippen molar-refractivity contribution in [1.29, 1.82) is 0 Å². The second-order valence-corrected chi connectivity index (χ2v) is 15.4. The second-order valence-electron chi connectivity index (χ2n) is 15.4. The third-order valence-corrected chi connectivity index (χ3v) is 13.5. The number of carboxylic acid groups (broad SMARTS) is 2. The Morgan fingerprint density at radius 3 is 1.30 bits per heavy atom. The number of halogens is 2. The van der Waals surface area contributed by atoms with Crippen molar-refractivity contribution in [3.63, 3.8) is 0 Å². The number of hydrogen-bond acceptors (Lipinski definition) is 6. The van der Waals surface area contributed by atoms with Gasteiger partial charge in [-0.05, 0) is 48.2 Å². The molecule has 278 valence electrons. The molecule has 0 saturated carbocycles. The van der Waals surface area contributed by atoms with E-state index in [1.807, 2.05) is 36.4 Å². The topological polar surface area (TPSA) is 112 Å². The molecule has 2 N–H and O–H groups in total. The van der Waals surface area contributed by atoms with Crippen molar-refractivity contribution in [1.82, 2.24) is 0 Å². The first kappa shape index (κ1) is 40.2. The zero-order valence-corrected chi connectivity index (χ0v) is 33.4. The van der Waals surface area contributed by atoms with E-state index >= 15 is 0 Å². The van der Waals surface area contributed by atoms with Gasteiger partial charge in [-0.2, -0.15) is 0 Å². The van der Waals surface area contributed by atoms with Crippen LogP contribution in [0, 0.1) is 17.3 Å². The van der Waals surface area contributed by atoms with E-state index < -0.39 is 17.4 Å². The molecule has 4 unspecified atom stereocenters. The van der Waals surface area contributed by atoms with Crippen LogP contribution in [0.25, 0.3) is 0 Å². The van der Waals surface area contributed by atoms with Crippen LogP contribution < -0.4 is 52.9 Å². The number of fused-ring (bicyclic) bond motifs is 4. The largest absolute Gasteiger partial charge is 1.00 e. The normalized spacial score (nSPS) is 32.1. The molecule has 4 atom stereocenters. The summed E-state index contributed by atoms with van der Waals surface area (Å²) >= 11 is 0. The van der Waals surface area contributed by atoms with Gasteiger partial charge in [0.1, 0.15) is 36.1 Å². The molecule has 0 spiro atoms. The van der Waals surface area contributed by atoms with Crippen LogP contribution in [-0.4, -0.2) is 97.8 Å². The van der Waals surface area contributed by atoms with E-state index in [0.717, 1.165) is 108 Å². The van der Waals surface area contributed by atoms with Gasteiger partial charge < -0.3 is 72.1 Å². The third-order valence-electron chi connectivity index (χ3n) is 13.5. The molecule has 0 radical (unpaired) electrons. The molecule has 4 aliphatic heterocycles. The lowest BCUT2D eigenvalue weighted by Gasteiger charge is -2.55. The van der Waals surface area contributed by atoms with Gasteiger partial charge in [0.2, 0.25) is 0 Å². The fourth-order valence-corrected chi connectivity index (χ4v) is 10.9. The Labute approximate surface area is 317 Å². The van der Waals surface area contributed by atoms with E-state index in [4.69, 9.17) is 18.9 Å². The molecular weight excluding hydrogens is 772 g/mol. The van der Waals surface area contributed by atoms with Crippen LogP contribution in [0.4, 0.5) is 0 Å². The Hall–Kier alpha value is -2.54. The van der Waals surface area contributed by atoms with Crippen LogP contribution in [0.2, 0.25) is 0 Å². The predicted octanol–water partition coefficient (Wildman–Crippen LogP) is -0.250. The molecular formula is C38H54Br2N2O8. The molecule has 0 aromatic heterocycles. The van der Waals surface area contributed by atoms with E-state index in [1.54, 1.807) is 28.4 Å². The number of ether oxygens (including phenoxy) is 4. The maximum Gasteiger partial charge on any atom is 0.310 e. The van der Waals surface area contributed by atoms with Gasteiger partial charge in [0.05, 0.1) is 89.7 Å². The van der Waals surface area contributed by atoms with Gasteiger partial charge in [-0.1, -0.05) is 0 Å². The number of benzene rings is 2. The van der Waals surface area contributed by atoms with Gasteiger partial charge in [-0.25, -0.2) is 0 Å². The number of methoxy groups -OCH3 is 4. The fraction of sp³-hybridized carbons (Fsp3) is 0.632. The van der Waals surface area contributed by atoms with Crippen molar-refractivity contribution in [2.75, 3.05) is 42.5 Å². The van der Waals surface area contributed by atoms with E-state index in [9.17, 15) is 19.8 Å². The molecule has 6 rings (SSSR count). The van der Waals surface area contributed by atoms with Crippen LogP contribution in [0.3, 0.4) is 0 Å². The summed E-state index contributed by atoms with van der Waals surface area (Å²) in [4.78, 5) is 26.3. The molecule has 2 aromatic rings. The average molecular weight is 827 g/mol. The van der Waals surface area contributed by atoms with Crippen LogP contribution in [-0.2, 0) is 22.7 Å². The first-order chi connectivity index (χ1) is 22.9. The van der Waals surface area contributed by atoms with Gasteiger partial charge in [0.25, 0.3) is 0 Å². The van der Waals surface area contributed by atoms with E-state index in [2.05, 4.69) is 14.1 Å². The van der Waals surface area contributed by atoms with Crippen LogP contribution >= 0.6 is 0 Å². The SMILES string of the molecule is COc1ccc(OC)c(C[N+]2(C)C3CCC2CC(C(CC(=O)O)(C(=O)O)C2CC4CCC(C2)[N+]4(C)Cc2cc(OC)ccc2OC)C3)c1.[Br-].[Br-]. The first-order valence-corrected chi connectivity index (χ1v) is 17.5. The van der Waals surface area contributed by atoms with Crippen molar-refractivity contribution in [2.45, 2.75) is 95.0 Å². The Morgan fingerprint density at radius 1 is 0.660 bits per heavy atom. The van der Waals surface area contributed by atoms with Gasteiger partial charge >= 0.3 is 11.9 Å². The minimum absolute atomic E-state index is 0. The molecule has 50 heavy (non-hydrogen) atoms. The minimum atomic E-state index is -1.30. The van der Waals surface area contributed by atoms with E-state index in [0.29, 0.717) is 0 Å². The zero-order chi connectivity index (χ0) is 34.4. The standard InChI is InChI=1S/C38H52N2O8.2BrH/c1-39(22-24-15-32(45-3)11-13-34(24)47-5)28-7-8-29(39)18-26(17-28)38(37(43)44,21-36(41)42)27-19-30-9-10-31(20-27)40(30,2)23-25-16-33(46-4)12-14-35(25)48-6;;/h11-16,26-31H,7-10,17-23H2,1-6H3;2*1H. The molecule has 4 heterocycles. The summed E-state index contributed by atoms with van der Waals surface area (Å²) in [6.45, 7) is 1.52. The monoisotopic (exact) mass is 824 g/mol. The quantitative estimate of drug-likeness (QED) is 0.267. The van der Waals surface area contributed by atoms with Gasteiger partial charge in [-0.3, -0.25) is 9.59 Å². The fourth-order valence-electron chi connectivity index (χ4n) is 10.9. The highest BCUT2D eigenvalue weighted by molar-refractivity contribution is 5.82. The van der Waals surface area contributed by atoms with E-state index in [-0.39, 0.29) is 76.4 Å². The van der Waals surface area contributed by atoms with Crippen molar-refractivity contribution in [3.8, 4) is 23.0 Å². The summed E-state index contributed by atoms with van der Waals surface area (Å²) in [5.74, 6) is 0.908. The summed E-state index contributed by atoms with van der Waals surface area (Å²) in [6.07, 6.45) is 6.61. The third kappa shape index (κ3) is 6.86. The summed E-state index contributed by atoms with van der Waals surface area (Å²) in [5, 5.41) is 21.6. The summed E-state index contributed by atoms with van der Waals surface area (Å²) < 4.78 is 24.2. The molecule has 12 heteroatoms. The molecule has 4 bridgehead atoms. The molecule has 4 aliphatic rings. The van der Waals surface area contributed by atoms with Crippen molar-refractivity contribution in [3.05, 3.63) is 47.5 Å². The van der Waals surface area contributed by atoms with Crippen molar-refractivity contribution >= 4 is 11.9 Å². The molecule has 4 fully saturated rings. The van der Waals surface area contributed by atoms with Crippen molar-refractivity contribution < 1.29 is 81.7 Å². The summed E-state index contributed by atoms with van der Waals surface area (Å²) in [6, 6.07) is 12.8. The second kappa shape index (κ2) is 15.6. The Bertz CT molecular complexity index is 1410. The summed E-state index contributed by atoms with van der Waals surface area (Å²) in [7, 11) is 11.3. The van der Waals surface area contributed by atoms with Crippen LogP contribution in [0.15, 0.2) is 36.4 Å². The van der Waals surface area contributed by atoms with Gasteiger partial charge in [-0.15, -0.1) is 0 Å². The highest BCUT2D eigenvalue weighted by atomic mass is 79.9. The number of rotatable bonds is 13. The maximum absolute atomic E-state index is 13.7. The number of carbonyl (C=O) groups is 2. The number of nitrogens with zero attached hydrogens (tertiary/aromatic N) is 2. The van der Waals surface area contributed by atoms with Crippen molar-refractivity contribution in [2.24, 2.45) is 17.3 Å². The lowest BCUT2D eigenvalue weighted by atomic mass is 9.57. The smallest absolute Gasteiger partial charge is 0.310 e. The molecule has 0 amide bonds. The van der Waals surface area contributed by atoms with Crippen LogP contribution in [0.5, 0.6) is 23.0 Å². The lowest BCUT2D eigenvalue weighted by molar-refractivity contribution is -0.963. The predicted molar refractivity (Wildman–Crippen MR) is 180 cm³/mol. The number of carboxylic acids is 2. The summed E-state index contributed by atoms with van der Waals surface area (Å²) in [5.41, 5.74) is 0.863.